The Morgan fingerprint density at radius 2 is 1.79 bits per heavy atom. The molecule has 0 saturated heterocycles. The molecule has 2 aromatic rings. The third kappa shape index (κ3) is 5.62. The fraction of sp³-hybridized carbons (Fsp3) is 0.389. The molecule has 24 heavy (non-hydrogen) atoms. The van der Waals surface area contributed by atoms with Gasteiger partial charge in [0, 0.05) is 42.4 Å². The lowest BCUT2D eigenvalue weighted by Gasteiger charge is -2.08. The lowest BCUT2D eigenvalue weighted by Crippen LogP contribution is -2.25. The first kappa shape index (κ1) is 17.9. The highest BCUT2D eigenvalue weighted by molar-refractivity contribution is 5.94. The largest absolute Gasteiger partial charge is 0.382 e. The Balaban J connectivity index is 1.89. The Morgan fingerprint density at radius 3 is 2.42 bits per heavy atom. The number of carbonyl (C=O) groups excluding carboxylic acids is 1. The summed E-state index contributed by atoms with van der Waals surface area (Å²) < 4.78 is 5.24. The van der Waals surface area contributed by atoms with Gasteiger partial charge in [-0.2, -0.15) is 0 Å². The Bertz CT molecular complexity index is 651. The second-order valence-corrected chi connectivity index (χ2v) is 5.48. The van der Waals surface area contributed by atoms with Gasteiger partial charge >= 0.3 is 0 Å². The molecule has 1 heterocycles. The number of ether oxygens (including phenoxy) is 1. The van der Waals surface area contributed by atoms with Gasteiger partial charge in [-0.15, -0.1) is 0 Å². The molecule has 0 aliphatic heterocycles. The first-order chi connectivity index (χ1) is 11.6. The topological polar surface area (TPSA) is 76.1 Å². The molecule has 0 fully saturated rings. The minimum atomic E-state index is -0.0827. The Kier molecular flexibility index (Phi) is 6.69. The molecule has 2 N–H and O–H groups in total. The van der Waals surface area contributed by atoms with Crippen molar-refractivity contribution in [2.75, 3.05) is 25.1 Å². The van der Waals surface area contributed by atoms with Crippen LogP contribution in [-0.2, 0) is 4.74 Å². The number of hydrogen-bond donors (Lipinski definition) is 2. The first-order valence-electron chi connectivity index (χ1n) is 8.14. The zero-order chi connectivity index (χ0) is 17.4. The zero-order valence-corrected chi connectivity index (χ0v) is 14.4. The second-order valence-electron chi connectivity index (χ2n) is 5.48. The summed E-state index contributed by atoms with van der Waals surface area (Å²) in [7, 11) is 0. The van der Waals surface area contributed by atoms with Gasteiger partial charge < -0.3 is 15.4 Å². The molecule has 1 aromatic carbocycles. The lowest BCUT2D eigenvalue weighted by molar-refractivity contribution is 0.0944. The summed E-state index contributed by atoms with van der Waals surface area (Å²) in [5, 5.41) is 6.03. The Labute approximate surface area is 142 Å². The van der Waals surface area contributed by atoms with Crippen LogP contribution in [0.5, 0.6) is 0 Å². The lowest BCUT2D eigenvalue weighted by atomic mass is 10.2. The van der Waals surface area contributed by atoms with Crippen molar-refractivity contribution in [2.45, 2.75) is 27.2 Å². The quantitative estimate of drug-likeness (QED) is 0.729. The standard InChI is InChI=1S/C18H24N4O2/c1-4-24-11-5-10-19-17(23)15-6-8-16(9-7-15)22-18-20-13(2)12-14(3)21-18/h6-9,12H,4-5,10-11H2,1-3H3,(H,19,23)(H,20,21,22). The molecule has 1 amide bonds. The highest BCUT2D eigenvalue weighted by atomic mass is 16.5. The van der Waals surface area contributed by atoms with Gasteiger partial charge in [0.25, 0.3) is 5.91 Å². The van der Waals surface area contributed by atoms with Crippen LogP contribution >= 0.6 is 0 Å². The minimum absolute atomic E-state index is 0.0827. The van der Waals surface area contributed by atoms with Gasteiger partial charge in [0.2, 0.25) is 5.95 Å². The van der Waals surface area contributed by atoms with Gasteiger partial charge in [0.1, 0.15) is 0 Å². The number of rotatable bonds is 8. The average Bonchev–Trinajstić information content (AvgIpc) is 2.54. The van der Waals surface area contributed by atoms with Crippen LogP contribution in [0.4, 0.5) is 11.6 Å². The zero-order valence-electron chi connectivity index (χ0n) is 14.4. The number of anilines is 2. The maximum atomic E-state index is 12.0. The Hall–Kier alpha value is -2.47. The van der Waals surface area contributed by atoms with E-state index in [1.165, 1.54) is 0 Å². The SMILES string of the molecule is CCOCCCNC(=O)c1ccc(Nc2nc(C)cc(C)n2)cc1. The summed E-state index contributed by atoms with van der Waals surface area (Å²) >= 11 is 0. The maximum absolute atomic E-state index is 12.0. The number of benzene rings is 1. The van der Waals surface area contributed by atoms with E-state index >= 15 is 0 Å². The van der Waals surface area contributed by atoms with Crippen LogP contribution < -0.4 is 10.6 Å². The molecule has 2 rings (SSSR count). The van der Waals surface area contributed by atoms with Crippen molar-refractivity contribution >= 4 is 17.5 Å². The monoisotopic (exact) mass is 328 g/mol. The van der Waals surface area contributed by atoms with Crippen molar-refractivity contribution in [1.29, 1.82) is 0 Å². The third-order valence-electron chi connectivity index (χ3n) is 3.34. The predicted octanol–water partition coefficient (Wildman–Crippen LogP) is 2.99. The Morgan fingerprint density at radius 1 is 1.12 bits per heavy atom. The number of aryl methyl sites for hydroxylation is 2. The molecule has 1 aromatic heterocycles. The summed E-state index contributed by atoms with van der Waals surface area (Å²) in [6.45, 7) is 7.78. The molecule has 0 unspecified atom stereocenters. The van der Waals surface area contributed by atoms with E-state index in [4.69, 9.17) is 4.74 Å². The van der Waals surface area contributed by atoms with E-state index in [1.54, 1.807) is 12.1 Å². The van der Waals surface area contributed by atoms with Crippen molar-refractivity contribution in [3.8, 4) is 0 Å². The van der Waals surface area contributed by atoms with Crippen molar-refractivity contribution in [3.05, 3.63) is 47.3 Å². The van der Waals surface area contributed by atoms with Crippen LogP contribution in [0.1, 0.15) is 35.1 Å². The van der Waals surface area contributed by atoms with E-state index < -0.39 is 0 Å². The molecular weight excluding hydrogens is 304 g/mol. The van der Waals surface area contributed by atoms with E-state index in [9.17, 15) is 4.79 Å². The summed E-state index contributed by atoms with van der Waals surface area (Å²) in [5.41, 5.74) is 3.28. The average molecular weight is 328 g/mol. The highest BCUT2D eigenvalue weighted by Gasteiger charge is 2.05. The maximum Gasteiger partial charge on any atom is 0.251 e. The van der Waals surface area contributed by atoms with Crippen LogP contribution in [0, 0.1) is 13.8 Å². The molecule has 0 bridgehead atoms. The molecule has 0 aliphatic rings. The number of hydrogen-bond acceptors (Lipinski definition) is 5. The van der Waals surface area contributed by atoms with E-state index in [-0.39, 0.29) is 5.91 Å². The third-order valence-corrected chi connectivity index (χ3v) is 3.34. The number of nitrogens with one attached hydrogen (secondary N) is 2. The van der Waals surface area contributed by atoms with Gasteiger partial charge in [0.15, 0.2) is 0 Å². The minimum Gasteiger partial charge on any atom is -0.382 e. The molecule has 0 spiro atoms. The van der Waals surface area contributed by atoms with E-state index in [1.807, 2.05) is 39.0 Å². The van der Waals surface area contributed by atoms with Crippen LogP contribution in [0.25, 0.3) is 0 Å². The fourth-order valence-corrected chi connectivity index (χ4v) is 2.24. The van der Waals surface area contributed by atoms with Gasteiger partial charge in [-0.25, -0.2) is 9.97 Å². The highest BCUT2D eigenvalue weighted by Crippen LogP contribution is 2.15. The first-order valence-corrected chi connectivity index (χ1v) is 8.14. The number of nitrogens with zero attached hydrogens (tertiary/aromatic N) is 2. The molecule has 6 nitrogen and oxygen atoms in total. The molecule has 0 atom stereocenters. The van der Waals surface area contributed by atoms with Gasteiger partial charge in [-0.1, -0.05) is 0 Å². The molecule has 128 valence electrons. The van der Waals surface area contributed by atoms with Crippen LogP contribution in [0.15, 0.2) is 30.3 Å². The summed E-state index contributed by atoms with van der Waals surface area (Å²) in [6.07, 6.45) is 0.809. The van der Waals surface area contributed by atoms with Crippen LogP contribution in [0.3, 0.4) is 0 Å². The van der Waals surface area contributed by atoms with E-state index in [0.29, 0.717) is 31.3 Å². The van der Waals surface area contributed by atoms with Crippen molar-refractivity contribution < 1.29 is 9.53 Å². The molecular formula is C18H24N4O2. The molecule has 0 saturated carbocycles. The fourth-order valence-electron chi connectivity index (χ4n) is 2.24. The molecule has 0 radical (unpaired) electrons. The number of aromatic nitrogens is 2. The smallest absolute Gasteiger partial charge is 0.251 e. The van der Waals surface area contributed by atoms with E-state index in [2.05, 4.69) is 20.6 Å². The van der Waals surface area contributed by atoms with Gasteiger partial charge in [0.05, 0.1) is 0 Å². The van der Waals surface area contributed by atoms with Crippen molar-refractivity contribution in [3.63, 3.8) is 0 Å². The number of amides is 1. The normalized spacial score (nSPS) is 10.5. The van der Waals surface area contributed by atoms with Crippen molar-refractivity contribution in [1.82, 2.24) is 15.3 Å². The van der Waals surface area contributed by atoms with Crippen molar-refractivity contribution in [2.24, 2.45) is 0 Å². The second kappa shape index (κ2) is 8.98. The summed E-state index contributed by atoms with van der Waals surface area (Å²) in [5.74, 6) is 0.473. The van der Waals surface area contributed by atoms with Gasteiger partial charge in [-0.05, 0) is 57.5 Å². The summed E-state index contributed by atoms with van der Waals surface area (Å²) in [6, 6.07) is 9.17. The van der Waals surface area contributed by atoms with Gasteiger partial charge in [-0.3, -0.25) is 4.79 Å². The number of carbonyl (C=O) groups is 1. The predicted molar refractivity (Wildman–Crippen MR) is 94.7 cm³/mol. The summed E-state index contributed by atoms with van der Waals surface area (Å²) in [4.78, 5) is 20.7. The van der Waals surface area contributed by atoms with Crippen LogP contribution in [0.2, 0.25) is 0 Å². The molecule has 0 aliphatic carbocycles. The van der Waals surface area contributed by atoms with Crippen LogP contribution in [-0.4, -0.2) is 35.6 Å². The molecule has 6 heteroatoms. The van der Waals surface area contributed by atoms with E-state index in [0.717, 1.165) is 23.5 Å².